The zero-order valence-corrected chi connectivity index (χ0v) is 5.93. The van der Waals surface area contributed by atoms with Gasteiger partial charge in [0.05, 0.1) is 6.67 Å². The molecule has 0 amide bonds. The minimum atomic E-state index is 1.02. The zero-order chi connectivity index (χ0) is 6.53. The molecule has 9 heavy (non-hydrogen) atoms. The largest absolute Gasteiger partial charge is 0.378 e. The van der Waals surface area contributed by atoms with Gasteiger partial charge in [-0.2, -0.15) is 0 Å². The van der Waals surface area contributed by atoms with E-state index in [9.17, 15) is 0 Å². The smallest absolute Gasteiger partial charge is 0.0675 e. The molecule has 0 atom stereocenters. The highest BCUT2D eigenvalue weighted by molar-refractivity contribution is 4.87. The Morgan fingerprint density at radius 2 is 2.56 bits per heavy atom. The monoisotopic (exact) mass is 126 g/mol. The third-order valence-electron chi connectivity index (χ3n) is 1.45. The number of hydrogen-bond acceptors (Lipinski definition) is 2. The molecule has 1 N–H and O–H groups in total. The minimum absolute atomic E-state index is 1.02. The summed E-state index contributed by atoms with van der Waals surface area (Å²) in [5, 5.41) is 3.16. The van der Waals surface area contributed by atoms with Gasteiger partial charge in [-0.25, -0.2) is 0 Å². The van der Waals surface area contributed by atoms with Gasteiger partial charge >= 0.3 is 0 Å². The van der Waals surface area contributed by atoms with Crippen molar-refractivity contribution in [3.05, 3.63) is 12.3 Å². The number of nitrogens with zero attached hydrogens (tertiary/aromatic N) is 1. The Bertz CT molecular complexity index is 99.1. The van der Waals surface area contributed by atoms with E-state index < -0.39 is 0 Å². The fourth-order valence-corrected chi connectivity index (χ4v) is 1.02. The second kappa shape index (κ2) is 3.51. The lowest BCUT2D eigenvalue weighted by Crippen LogP contribution is -2.35. The van der Waals surface area contributed by atoms with E-state index in [0.717, 1.165) is 13.2 Å². The Labute approximate surface area is 56.5 Å². The lowest BCUT2D eigenvalue weighted by molar-refractivity contribution is 0.281. The first-order valence-electron chi connectivity index (χ1n) is 3.54. The van der Waals surface area contributed by atoms with Crippen LogP contribution in [0, 0.1) is 0 Å². The normalized spacial score (nSPS) is 19.7. The molecule has 0 radical (unpaired) electrons. The molecule has 0 aromatic heterocycles. The molecule has 0 bridgehead atoms. The summed E-state index contributed by atoms with van der Waals surface area (Å²) in [6, 6.07) is 0. The Hall–Kier alpha value is -0.500. The van der Waals surface area contributed by atoms with Gasteiger partial charge in [0.2, 0.25) is 0 Å². The highest BCUT2D eigenvalue weighted by atomic mass is 15.2. The van der Waals surface area contributed by atoms with Crippen LogP contribution in [0.15, 0.2) is 12.3 Å². The number of hydrogen-bond donors (Lipinski definition) is 1. The summed E-state index contributed by atoms with van der Waals surface area (Å²) in [5.74, 6) is 0. The molecule has 1 aliphatic rings. The van der Waals surface area contributed by atoms with E-state index in [1.165, 1.54) is 13.0 Å². The standard InChI is InChI=1S/C7H14N2/c1-2-5-9-6-3-4-8-7-9/h3-4,8H,2,5-7H2,1H3. The van der Waals surface area contributed by atoms with Gasteiger partial charge in [-0.1, -0.05) is 13.0 Å². The van der Waals surface area contributed by atoms with Crippen LogP contribution in [0.2, 0.25) is 0 Å². The third kappa shape index (κ3) is 2.06. The minimum Gasteiger partial charge on any atom is -0.378 e. The summed E-state index contributed by atoms with van der Waals surface area (Å²) in [6.07, 6.45) is 5.42. The molecule has 2 nitrogen and oxygen atoms in total. The molecule has 2 heteroatoms. The molecule has 1 rings (SSSR count). The molecule has 0 aromatic carbocycles. The summed E-state index contributed by atoms with van der Waals surface area (Å²) >= 11 is 0. The highest BCUT2D eigenvalue weighted by Gasteiger charge is 2.01. The SMILES string of the molecule is CCCN1CC=CNC1. The quantitative estimate of drug-likeness (QED) is 0.588. The van der Waals surface area contributed by atoms with Gasteiger partial charge in [0, 0.05) is 6.54 Å². The van der Waals surface area contributed by atoms with Gasteiger partial charge in [0.25, 0.3) is 0 Å². The average Bonchev–Trinajstić information content (AvgIpc) is 1.91. The summed E-state index contributed by atoms with van der Waals surface area (Å²) in [7, 11) is 0. The second-order valence-electron chi connectivity index (χ2n) is 2.34. The Morgan fingerprint density at radius 1 is 1.67 bits per heavy atom. The van der Waals surface area contributed by atoms with Crippen molar-refractivity contribution in [1.29, 1.82) is 0 Å². The van der Waals surface area contributed by atoms with Crippen LogP contribution in [0.1, 0.15) is 13.3 Å². The van der Waals surface area contributed by atoms with Gasteiger partial charge < -0.3 is 5.32 Å². The van der Waals surface area contributed by atoms with E-state index in [0.29, 0.717) is 0 Å². The molecule has 0 aromatic rings. The predicted molar refractivity (Wildman–Crippen MR) is 39.0 cm³/mol. The van der Waals surface area contributed by atoms with E-state index in [1.807, 2.05) is 6.20 Å². The summed E-state index contributed by atoms with van der Waals surface area (Å²) in [6.45, 7) is 5.54. The van der Waals surface area contributed by atoms with Crippen LogP contribution in [0.5, 0.6) is 0 Å². The van der Waals surface area contributed by atoms with Gasteiger partial charge in [0.15, 0.2) is 0 Å². The summed E-state index contributed by atoms with van der Waals surface area (Å²) in [5.41, 5.74) is 0. The molecular weight excluding hydrogens is 112 g/mol. The van der Waals surface area contributed by atoms with Gasteiger partial charge in [-0.05, 0) is 19.2 Å². The van der Waals surface area contributed by atoms with Crippen LogP contribution < -0.4 is 5.32 Å². The van der Waals surface area contributed by atoms with Crippen LogP contribution in [0.3, 0.4) is 0 Å². The molecule has 0 fully saturated rings. The molecule has 0 saturated carbocycles. The fraction of sp³-hybridized carbons (Fsp3) is 0.714. The lowest BCUT2D eigenvalue weighted by atomic mass is 10.4. The maximum absolute atomic E-state index is 3.16. The van der Waals surface area contributed by atoms with Crippen molar-refractivity contribution in [2.24, 2.45) is 0 Å². The molecular formula is C7H14N2. The van der Waals surface area contributed by atoms with Crippen molar-refractivity contribution in [1.82, 2.24) is 10.2 Å². The van der Waals surface area contributed by atoms with E-state index in [4.69, 9.17) is 0 Å². The molecule has 0 spiro atoms. The summed E-state index contributed by atoms with van der Waals surface area (Å²) in [4.78, 5) is 2.38. The maximum atomic E-state index is 3.16. The molecule has 52 valence electrons. The molecule has 1 heterocycles. The van der Waals surface area contributed by atoms with Crippen molar-refractivity contribution in [2.75, 3.05) is 19.8 Å². The first-order chi connectivity index (χ1) is 4.43. The predicted octanol–water partition coefficient (Wildman–Crippen LogP) is 0.773. The summed E-state index contributed by atoms with van der Waals surface area (Å²) < 4.78 is 0. The van der Waals surface area contributed by atoms with Crippen LogP contribution in [-0.2, 0) is 0 Å². The topological polar surface area (TPSA) is 15.3 Å². The maximum Gasteiger partial charge on any atom is 0.0675 e. The van der Waals surface area contributed by atoms with Crippen molar-refractivity contribution in [3.63, 3.8) is 0 Å². The van der Waals surface area contributed by atoms with Crippen LogP contribution >= 0.6 is 0 Å². The van der Waals surface area contributed by atoms with Crippen LogP contribution in [0.25, 0.3) is 0 Å². The second-order valence-corrected chi connectivity index (χ2v) is 2.34. The van der Waals surface area contributed by atoms with E-state index >= 15 is 0 Å². The van der Waals surface area contributed by atoms with Crippen LogP contribution in [0.4, 0.5) is 0 Å². The van der Waals surface area contributed by atoms with E-state index in [-0.39, 0.29) is 0 Å². The lowest BCUT2D eigenvalue weighted by Gasteiger charge is -2.22. The van der Waals surface area contributed by atoms with E-state index in [1.54, 1.807) is 0 Å². The highest BCUT2D eigenvalue weighted by Crippen LogP contribution is 1.92. The average molecular weight is 126 g/mol. The zero-order valence-electron chi connectivity index (χ0n) is 5.93. The van der Waals surface area contributed by atoms with Gasteiger partial charge in [-0.15, -0.1) is 0 Å². The van der Waals surface area contributed by atoms with Crippen LogP contribution in [-0.4, -0.2) is 24.7 Å². The molecule has 1 aliphatic heterocycles. The first-order valence-corrected chi connectivity index (χ1v) is 3.54. The Morgan fingerprint density at radius 3 is 3.11 bits per heavy atom. The van der Waals surface area contributed by atoms with Crippen molar-refractivity contribution in [3.8, 4) is 0 Å². The Kier molecular flexibility index (Phi) is 2.58. The number of rotatable bonds is 2. The van der Waals surface area contributed by atoms with Gasteiger partial charge in [0.1, 0.15) is 0 Å². The van der Waals surface area contributed by atoms with Crippen molar-refractivity contribution >= 4 is 0 Å². The first kappa shape index (κ1) is 6.62. The van der Waals surface area contributed by atoms with Crippen molar-refractivity contribution in [2.45, 2.75) is 13.3 Å². The molecule has 0 aliphatic carbocycles. The van der Waals surface area contributed by atoms with Crippen molar-refractivity contribution < 1.29 is 0 Å². The molecule has 0 saturated heterocycles. The Balaban J connectivity index is 2.18. The third-order valence-corrected chi connectivity index (χ3v) is 1.45. The fourth-order valence-electron chi connectivity index (χ4n) is 1.02. The van der Waals surface area contributed by atoms with E-state index in [2.05, 4.69) is 23.2 Å². The van der Waals surface area contributed by atoms with Gasteiger partial charge in [-0.3, -0.25) is 4.90 Å². The number of nitrogens with one attached hydrogen (secondary N) is 1. The molecule has 0 unspecified atom stereocenters.